The van der Waals surface area contributed by atoms with Crippen molar-refractivity contribution in [1.29, 1.82) is 5.26 Å². The van der Waals surface area contributed by atoms with E-state index in [1.165, 1.54) is 29.2 Å². The lowest BCUT2D eigenvalue weighted by atomic mass is 10.1. The van der Waals surface area contributed by atoms with Gasteiger partial charge >= 0.3 is 0 Å². The fourth-order valence-corrected chi connectivity index (χ4v) is 2.81. The van der Waals surface area contributed by atoms with Gasteiger partial charge in [-0.2, -0.15) is 5.26 Å². The molecule has 1 aromatic heterocycles. The summed E-state index contributed by atoms with van der Waals surface area (Å²) in [5.74, 6) is 0.0727. The van der Waals surface area contributed by atoms with Crippen molar-refractivity contribution in [2.75, 3.05) is 0 Å². The number of hydrogen-bond donors (Lipinski definition) is 0. The molecule has 0 atom stereocenters. The predicted molar refractivity (Wildman–Crippen MR) is 62.8 cm³/mol. The number of nitrogens with zero attached hydrogens (tertiary/aromatic N) is 2. The normalized spacial score (nSPS) is 10.0. The number of benzene rings is 1. The summed E-state index contributed by atoms with van der Waals surface area (Å²) in [4.78, 5) is 4.10. The third-order valence-corrected chi connectivity index (χ3v) is 3.97. The minimum atomic E-state index is -0.422. The number of halogens is 1. The maximum Gasteiger partial charge on any atom is 0.150 e. The van der Waals surface area contributed by atoms with Crippen LogP contribution < -0.4 is 0 Å². The quantitative estimate of drug-likeness (QED) is 0.783. The largest absolute Gasteiger partial charge is 0.238 e. The Bertz CT molecular complexity index is 517. The lowest BCUT2D eigenvalue weighted by Crippen LogP contribution is -1.91. The number of rotatable bonds is 3. The minimum absolute atomic E-state index is 0.0947. The first-order chi connectivity index (χ1) is 7.81. The molecule has 0 radical (unpaired) electrons. The van der Waals surface area contributed by atoms with E-state index in [1.807, 2.05) is 11.4 Å². The van der Waals surface area contributed by atoms with Gasteiger partial charge in [-0.25, -0.2) is 9.37 Å². The first-order valence-corrected chi connectivity index (χ1v) is 6.37. The van der Waals surface area contributed by atoms with Gasteiger partial charge in [0.15, 0.2) is 0 Å². The Balaban J connectivity index is 2.13. The number of thioether (sulfide) groups is 1. The molecule has 80 valence electrons. The summed E-state index contributed by atoms with van der Waals surface area (Å²) in [5, 5.41) is 10.6. The summed E-state index contributed by atoms with van der Waals surface area (Å²) in [7, 11) is 0. The molecule has 0 unspecified atom stereocenters. The van der Waals surface area contributed by atoms with E-state index in [0.29, 0.717) is 11.3 Å². The highest BCUT2D eigenvalue weighted by atomic mass is 32.2. The van der Waals surface area contributed by atoms with Crippen molar-refractivity contribution in [3.05, 3.63) is 46.7 Å². The average molecular weight is 250 g/mol. The third-order valence-electron chi connectivity index (χ3n) is 1.96. The van der Waals surface area contributed by atoms with Crippen LogP contribution in [-0.4, -0.2) is 4.98 Å². The van der Waals surface area contributed by atoms with Crippen LogP contribution in [0.1, 0.15) is 11.1 Å². The van der Waals surface area contributed by atoms with Crippen molar-refractivity contribution in [2.45, 2.75) is 10.1 Å². The Morgan fingerprint density at radius 3 is 3.06 bits per heavy atom. The van der Waals surface area contributed by atoms with Crippen molar-refractivity contribution in [3.8, 4) is 6.07 Å². The highest BCUT2D eigenvalue weighted by molar-refractivity contribution is 8.00. The molecule has 0 aliphatic carbocycles. The zero-order chi connectivity index (χ0) is 11.4. The molecule has 0 bridgehead atoms. The Hall–Kier alpha value is -1.38. The highest BCUT2D eigenvalue weighted by Gasteiger charge is 2.08. The number of aromatic nitrogens is 1. The van der Waals surface area contributed by atoms with Crippen LogP contribution in [0.15, 0.2) is 34.1 Å². The van der Waals surface area contributed by atoms with Crippen LogP contribution in [0.25, 0.3) is 0 Å². The van der Waals surface area contributed by atoms with Crippen molar-refractivity contribution < 1.29 is 4.39 Å². The van der Waals surface area contributed by atoms with E-state index in [1.54, 1.807) is 18.3 Å². The molecule has 0 amide bonds. The van der Waals surface area contributed by atoms with Crippen LogP contribution in [-0.2, 0) is 5.75 Å². The molecule has 0 saturated heterocycles. The van der Waals surface area contributed by atoms with Gasteiger partial charge in [0, 0.05) is 17.3 Å². The number of hydrogen-bond acceptors (Lipinski definition) is 4. The standard InChI is InChI=1S/C11H7FN2S2/c12-10-8(6-13)2-1-3-9(10)7-16-11-14-4-5-15-11/h1-5H,7H2. The molecule has 2 aromatic rings. The van der Waals surface area contributed by atoms with Crippen molar-refractivity contribution in [3.63, 3.8) is 0 Å². The van der Waals surface area contributed by atoms with Gasteiger partial charge in [-0.1, -0.05) is 23.9 Å². The van der Waals surface area contributed by atoms with E-state index in [0.717, 1.165) is 4.34 Å². The summed E-state index contributed by atoms with van der Waals surface area (Å²) in [5.41, 5.74) is 0.636. The zero-order valence-electron chi connectivity index (χ0n) is 8.18. The van der Waals surface area contributed by atoms with E-state index < -0.39 is 5.82 Å². The summed E-state index contributed by atoms with van der Waals surface area (Å²) in [6, 6.07) is 6.70. The first-order valence-electron chi connectivity index (χ1n) is 4.51. The molecule has 1 heterocycles. The molecule has 0 aliphatic heterocycles. The lowest BCUT2D eigenvalue weighted by molar-refractivity contribution is 0.613. The van der Waals surface area contributed by atoms with Crippen LogP contribution >= 0.6 is 23.1 Å². The Morgan fingerprint density at radius 2 is 2.38 bits per heavy atom. The monoisotopic (exact) mass is 250 g/mol. The molecule has 0 saturated carbocycles. The van der Waals surface area contributed by atoms with Crippen LogP contribution in [0.3, 0.4) is 0 Å². The molecular formula is C11H7FN2S2. The summed E-state index contributed by atoms with van der Waals surface area (Å²) in [6.07, 6.45) is 1.72. The Morgan fingerprint density at radius 1 is 1.50 bits per heavy atom. The number of nitriles is 1. The topological polar surface area (TPSA) is 36.7 Å². The fourth-order valence-electron chi connectivity index (χ4n) is 1.20. The average Bonchev–Trinajstić information content (AvgIpc) is 2.81. The maximum atomic E-state index is 13.6. The molecule has 2 rings (SSSR count). The zero-order valence-corrected chi connectivity index (χ0v) is 9.82. The molecule has 0 N–H and O–H groups in total. The minimum Gasteiger partial charge on any atom is -0.238 e. The molecular weight excluding hydrogens is 243 g/mol. The van der Waals surface area contributed by atoms with E-state index >= 15 is 0 Å². The van der Waals surface area contributed by atoms with Gasteiger partial charge in [0.1, 0.15) is 16.2 Å². The van der Waals surface area contributed by atoms with Gasteiger partial charge in [0.25, 0.3) is 0 Å². The maximum absolute atomic E-state index is 13.6. The molecule has 0 fully saturated rings. The molecule has 0 spiro atoms. The molecule has 5 heteroatoms. The van der Waals surface area contributed by atoms with Gasteiger partial charge < -0.3 is 0 Å². The Kier molecular flexibility index (Phi) is 3.54. The van der Waals surface area contributed by atoms with Gasteiger partial charge in [-0.05, 0) is 11.6 Å². The van der Waals surface area contributed by atoms with E-state index in [2.05, 4.69) is 4.98 Å². The highest BCUT2D eigenvalue weighted by Crippen LogP contribution is 2.26. The fraction of sp³-hybridized carbons (Fsp3) is 0.0909. The van der Waals surface area contributed by atoms with E-state index in [9.17, 15) is 4.39 Å². The summed E-state index contributed by atoms with van der Waals surface area (Å²) < 4.78 is 14.6. The van der Waals surface area contributed by atoms with Crippen molar-refractivity contribution >= 4 is 23.1 Å². The second-order valence-electron chi connectivity index (χ2n) is 2.98. The first kappa shape index (κ1) is 11.1. The predicted octanol–water partition coefficient (Wildman–Crippen LogP) is 3.45. The SMILES string of the molecule is N#Cc1cccc(CSc2nccs2)c1F. The van der Waals surface area contributed by atoms with Gasteiger partial charge in [-0.3, -0.25) is 0 Å². The second kappa shape index (κ2) is 5.10. The Labute approximate surface area is 101 Å². The lowest BCUT2D eigenvalue weighted by Gasteiger charge is -2.02. The van der Waals surface area contributed by atoms with Crippen LogP contribution in [0.4, 0.5) is 4.39 Å². The molecule has 0 aliphatic rings. The van der Waals surface area contributed by atoms with Gasteiger partial charge in [0.05, 0.1) is 5.56 Å². The summed E-state index contributed by atoms with van der Waals surface area (Å²) in [6.45, 7) is 0. The molecule has 2 nitrogen and oxygen atoms in total. The molecule has 1 aromatic carbocycles. The van der Waals surface area contributed by atoms with E-state index in [4.69, 9.17) is 5.26 Å². The van der Waals surface area contributed by atoms with Crippen LogP contribution in [0, 0.1) is 17.1 Å². The van der Waals surface area contributed by atoms with Crippen LogP contribution in [0.2, 0.25) is 0 Å². The van der Waals surface area contributed by atoms with Crippen molar-refractivity contribution in [2.24, 2.45) is 0 Å². The van der Waals surface area contributed by atoms with E-state index in [-0.39, 0.29) is 5.56 Å². The number of thiazole rings is 1. The third kappa shape index (κ3) is 2.40. The second-order valence-corrected chi connectivity index (χ2v) is 5.09. The summed E-state index contributed by atoms with van der Waals surface area (Å²) >= 11 is 2.99. The molecule has 16 heavy (non-hydrogen) atoms. The van der Waals surface area contributed by atoms with Crippen LogP contribution in [0.5, 0.6) is 0 Å². The van der Waals surface area contributed by atoms with Gasteiger partial charge in [-0.15, -0.1) is 11.3 Å². The van der Waals surface area contributed by atoms with Crippen molar-refractivity contribution in [1.82, 2.24) is 4.98 Å². The van der Waals surface area contributed by atoms with Gasteiger partial charge in [0.2, 0.25) is 0 Å². The smallest absolute Gasteiger partial charge is 0.150 e.